The first-order valence-corrected chi connectivity index (χ1v) is 6.16. The lowest BCUT2D eigenvalue weighted by molar-refractivity contribution is -0.119. The largest absolute Gasteiger partial charge is 0.494 e. The van der Waals surface area contributed by atoms with Crippen molar-refractivity contribution in [3.8, 4) is 5.75 Å². The summed E-state index contributed by atoms with van der Waals surface area (Å²) in [4.78, 5) is 11.8. The summed E-state index contributed by atoms with van der Waals surface area (Å²) in [7, 11) is 1.42. The van der Waals surface area contributed by atoms with Crippen LogP contribution in [0.2, 0.25) is 0 Å². The number of methoxy groups -OCH3 is 1. The van der Waals surface area contributed by atoms with Crippen LogP contribution in [0.3, 0.4) is 0 Å². The maximum Gasteiger partial charge on any atom is 0.168 e. The molecule has 2 nitrogen and oxygen atoms in total. The minimum Gasteiger partial charge on any atom is -0.494 e. The Morgan fingerprint density at radius 1 is 1.33 bits per heavy atom. The monoisotopic (exact) mass is 252 g/mol. The molecule has 1 aromatic rings. The Labute approximate surface area is 108 Å². The molecule has 3 heteroatoms. The molecule has 0 saturated carbocycles. The van der Waals surface area contributed by atoms with Gasteiger partial charge in [0.15, 0.2) is 11.6 Å². The first-order chi connectivity index (χ1) is 8.33. The molecule has 0 unspecified atom stereocenters. The van der Waals surface area contributed by atoms with E-state index in [9.17, 15) is 9.18 Å². The summed E-state index contributed by atoms with van der Waals surface area (Å²) in [5, 5.41) is 0. The third-order valence-corrected chi connectivity index (χ3v) is 2.80. The molecule has 0 N–H and O–H groups in total. The van der Waals surface area contributed by atoms with Gasteiger partial charge in [0.25, 0.3) is 0 Å². The standard InChI is InChI=1S/C15H21FO2/c1-15(2,3)9-8-12(17)10-11-6-5-7-13(18-4)14(11)16/h5-7H,8-10H2,1-4H3. The van der Waals surface area contributed by atoms with Crippen LogP contribution in [0.25, 0.3) is 0 Å². The Balaban J connectivity index is 2.65. The topological polar surface area (TPSA) is 26.3 Å². The van der Waals surface area contributed by atoms with Gasteiger partial charge < -0.3 is 4.74 Å². The zero-order chi connectivity index (χ0) is 13.8. The SMILES string of the molecule is COc1cccc(CC(=O)CCC(C)(C)C)c1F. The number of hydrogen-bond acceptors (Lipinski definition) is 2. The van der Waals surface area contributed by atoms with Crippen molar-refractivity contribution in [2.45, 2.75) is 40.0 Å². The molecule has 0 aliphatic rings. The molecule has 0 aliphatic carbocycles. The van der Waals surface area contributed by atoms with E-state index >= 15 is 0 Å². The highest BCUT2D eigenvalue weighted by molar-refractivity contribution is 5.81. The van der Waals surface area contributed by atoms with Crippen molar-refractivity contribution in [1.82, 2.24) is 0 Å². The van der Waals surface area contributed by atoms with E-state index in [2.05, 4.69) is 20.8 Å². The quantitative estimate of drug-likeness (QED) is 0.797. The van der Waals surface area contributed by atoms with E-state index in [4.69, 9.17) is 4.74 Å². The Hall–Kier alpha value is -1.38. The maximum absolute atomic E-state index is 13.8. The lowest BCUT2D eigenvalue weighted by atomic mass is 9.88. The summed E-state index contributed by atoms with van der Waals surface area (Å²) in [6.07, 6.45) is 1.44. The number of Topliss-reactive ketones (excluding diaryl/α,β-unsaturated/α-hetero) is 1. The normalized spacial score (nSPS) is 11.4. The van der Waals surface area contributed by atoms with Crippen LogP contribution in [0.5, 0.6) is 5.75 Å². The molecule has 18 heavy (non-hydrogen) atoms. The number of rotatable bonds is 5. The minimum absolute atomic E-state index is 0.0667. The Morgan fingerprint density at radius 2 is 2.00 bits per heavy atom. The van der Waals surface area contributed by atoms with E-state index < -0.39 is 5.82 Å². The maximum atomic E-state index is 13.8. The van der Waals surface area contributed by atoms with Crippen LogP contribution >= 0.6 is 0 Å². The number of halogens is 1. The Kier molecular flexibility index (Phi) is 4.88. The van der Waals surface area contributed by atoms with Crippen LogP contribution < -0.4 is 4.74 Å². The molecule has 0 spiro atoms. The van der Waals surface area contributed by atoms with Crippen LogP contribution in [0.1, 0.15) is 39.2 Å². The highest BCUT2D eigenvalue weighted by atomic mass is 19.1. The zero-order valence-corrected chi connectivity index (χ0v) is 11.5. The van der Waals surface area contributed by atoms with Crippen molar-refractivity contribution >= 4 is 5.78 Å². The fraction of sp³-hybridized carbons (Fsp3) is 0.533. The second-order valence-corrected chi connectivity index (χ2v) is 5.71. The predicted octanol–water partition coefficient (Wildman–Crippen LogP) is 3.77. The lowest BCUT2D eigenvalue weighted by Gasteiger charge is -2.17. The summed E-state index contributed by atoms with van der Waals surface area (Å²) < 4.78 is 18.7. The molecule has 0 bridgehead atoms. The van der Waals surface area contributed by atoms with Gasteiger partial charge in [0, 0.05) is 12.8 Å². The number of carbonyl (C=O) groups excluding carboxylic acids is 1. The van der Waals surface area contributed by atoms with Gasteiger partial charge in [-0.2, -0.15) is 0 Å². The van der Waals surface area contributed by atoms with Crippen molar-refractivity contribution in [3.63, 3.8) is 0 Å². The summed E-state index contributed by atoms with van der Waals surface area (Å²) in [6.45, 7) is 6.27. The molecule has 0 heterocycles. The van der Waals surface area contributed by atoms with Crippen molar-refractivity contribution < 1.29 is 13.9 Å². The van der Waals surface area contributed by atoms with Crippen molar-refractivity contribution in [1.29, 1.82) is 0 Å². The third kappa shape index (κ3) is 4.47. The third-order valence-electron chi connectivity index (χ3n) is 2.80. The second-order valence-electron chi connectivity index (χ2n) is 5.71. The van der Waals surface area contributed by atoms with E-state index in [0.29, 0.717) is 12.0 Å². The second kappa shape index (κ2) is 5.98. The highest BCUT2D eigenvalue weighted by Gasteiger charge is 2.15. The van der Waals surface area contributed by atoms with Crippen molar-refractivity contribution in [2.75, 3.05) is 7.11 Å². The van der Waals surface area contributed by atoms with Crippen LogP contribution in [0, 0.1) is 11.2 Å². The highest BCUT2D eigenvalue weighted by Crippen LogP contribution is 2.23. The Bertz CT molecular complexity index is 419. The number of carbonyl (C=O) groups is 1. The molecule has 0 saturated heterocycles. The summed E-state index contributed by atoms with van der Waals surface area (Å²) >= 11 is 0. The van der Waals surface area contributed by atoms with E-state index in [0.717, 1.165) is 6.42 Å². The average molecular weight is 252 g/mol. The molecule has 0 radical (unpaired) electrons. The molecule has 100 valence electrons. The first-order valence-electron chi connectivity index (χ1n) is 6.16. The van der Waals surface area contributed by atoms with Gasteiger partial charge in [-0.25, -0.2) is 4.39 Å². The van der Waals surface area contributed by atoms with E-state index in [1.54, 1.807) is 18.2 Å². The van der Waals surface area contributed by atoms with Gasteiger partial charge in [-0.1, -0.05) is 32.9 Å². The van der Waals surface area contributed by atoms with Crippen molar-refractivity contribution in [3.05, 3.63) is 29.6 Å². The van der Waals surface area contributed by atoms with E-state index in [1.165, 1.54) is 7.11 Å². The molecule has 0 amide bonds. The summed E-state index contributed by atoms with van der Waals surface area (Å²) in [5.74, 6) is -0.169. The molecule has 0 aliphatic heterocycles. The van der Waals surface area contributed by atoms with Crippen LogP contribution in [0.4, 0.5) is 4.39 Å². The van der Waals surface area contributed by atoms with Gasteiger partial charge in [-0.15, -0.1) is 0 Å². The number of ether oxygens (including phenoxy) is 1. The molecular formula is C15H21FO2. The molecule has 0 aromatic heterocycles. The predicted molar refractivity (Wildman–Crippen MR) is 70.4 cm³/mol. The average Bonchev–Trinajstić information content (AvgIpc) is 2.28. The Morgan fingerprint density at radius 3 is 2.56 bits per heavy atom. The summed E-state index contributed by atoms with van der Waals surface area (Å²) in [6, 6.07) is 4.89. The van der Waals surface area contributed by atoms with Gasteiger partial charge in [0.1, 0.15) is 5.78 Å². The smallest absolute Gasteiger partial charge is 0.168 e. The van der Waals surface area contributed by atoms with Gasteiger partial charge in [-0.05, 0) is 23.5 Å². The van der Waals surface area contributed by atoms with Gasteiger partial charge >= 0.3 is 0 Å². The first kappa shape index (κ1) is 14.7. The minimum atomic E-state index is -0.427. The number of hydrogen-bond donors (Lipinski definition) is 0. The fourth-order valence-corrected chi connectivity index (χ4v) is 1.67. The molecular weight excluding hydrogens is 231 g/mol. The van der Waals surface area contributed by atoms with Gasteiger partial charge in [0.2, 0.25) is 0 Å². The molecule has 1 rings (SSSR count). The van der Waals surface area contributed by atoms with E-state index in [-0.39, 0.29) is 23.4 Å². The van der Waals surface area contributed by atoms with Crippen molar-refractivity contribution in [2.24, 2.45) is 5.41 Å². The van der Waals surface area contributed by atoms with E-state index in [1.807, 2.05) is 0 Å². The number of benzene rings is 1. The van der Waals surface area contributed by atoms with Crippen LogP contribution in [-0.4, -0.2) is 12.9 Å². The molecule has 0 atom stereocenters. The van der Waals surface area contributed by atoms with Crippen LogP contribution in [0.15, 0.2) is 18.2 Å². The van der Waals surface area contributed by atoms with Crippen LogP contribution in [-0.2, 0) is 11.2 Å². The molecule has 1 aromatic carbocycles. The van der Waals surface area contributed by atoms with Gasteiger partial charge in [-0.3, -0.25) is 4.79 Å². The molecule has 0 fully saturated rings. The lowest BCUT2D eigenvalue weighted by Crippen LogP contribution is -2.11. The summed E-state index contributed by atoms with van der Waals surface area (Å²) in [5.41, 5.74) is 0.538. The van der Waals surface area contributed by atoms with Gasteiger partial charge in [0.05, 0.1) is 7.11 Å². The number of ketones is 1. The fourth-order valence-electron chi connectivity index (χ4n) is 1.67. The zero-order valence-electron chi connectivity index (χ0n) is 11.5.